The van der Waals surface area contributed by atoms with Crippen LogP contribution >= 0.6 is 11.1 Å². The van der Waals surface area contributed by atoms with Gasteiger partial charge in [-0.3, -0.25) is 14.7 Å². The maximum Gasteiger partial charge on any atom is 1.00 e. The second-order valence-corrected chi connectivity index (χ2v) is 13.4. The van der Waals surface area contributed by atoms with Gasteiger partial charge in [0.15, 0.2) is 11.9 Å². The molecule has 4 rings (SSSR count). The molecule has 0 unspecified atom stereocenters. The van der Waals surface area contributed by atoms with Crippen molar-refractivity contribution in [3.05, 3.63) is 0 Å². The summed E-state index contributed by atoms with van der Waals surface area (Å²) >= 11 is 6.49. The summed E-state index contributed by atoms with van der Waals surface area (Å²) in [5.41, 5.74) is 0. The molecule has 0 saturated carbocycles. The number of nitrogens with zero attached hydrogens (tertiary/aromatic N) is 5. The molecule has 0 amide bonds. The van der Waals surface area contributed by atoms with Crippen molar-refractivity contribution in [2.75, 3.05) is 52.4 Å². The molecule has 10 heteroatoms. The molecule has 0 radical (unpaired) electrons. The number of fused-ring (bicyclic) bond motifs is 2. The number of rotatable bonds is 1. The Morgan fingerprint density at radius 1 is 0.962 bits per heavy atom. The molecule has 0 aliphatic carbocycles. The Morgan fingerprint density at radius 2 is 1.58 bits per heavy atom. The fraction of sp³-hybridized carbons (Fsp3) is 0.875. The van der Waals surface area contributed by atoms with Crippen LogP contribution in [-0.4, -0.2) is 86.2 Å². The molecule has 2 saturated heterocycles. The molecule has 6 nitrogen and oxygen atoms in total. The van der Waals surface area contributed by atoms with Gasteiger partial charge in [-0.25, -0.2) is 0 Å². The van der Waals surface area contributed by atoms with Gasteiger partial charge >= 0.3 is 51.4 Å². The van der Waals surface area contributed by atoms with Crippen LogP contribution in [0.3, 0.4) is 0 Å². The fourth-order valence-corrected chi connectivity index (χ4v) is 5.50. The summed E-state index contributed by atoms with van der Waals surface area (Å²) in [6, 6.07) is 0. The van der Waals surface area contributed by atoms with Crippen molar-refractivity contribution in [3.63, 3.8) is 0 Å². The summed E-state index contributed by atoms with van der Waals surface area (Å²) < 4.78 is 2.36. The van der Waals surface area contributed by atoms with E-state index in [0.717, 1.165) is 45.2 Å². The van der Waals surface area contributed by atoms with E-state index in [0.29, 0.717) is 0 Å². The van der Waals surface area contributed by atoms with E-state index in [4.69, 9.17) is 11.1 Å². The summed E-state index contributed by atoms with van der Waals surface area (Å²) in [7, 11) is -1.73. The van der Waals surface area contributed by atoms with E-state index >= 15 is 0 Å². The number of hydrogen-bond acceptors (Lipinski definition) is 6. The zero-order valence-corrected chi connectivity index (χ0v) is 21.4. The minimum atomic E-state index is -1.73. The number of guanidine groups is 2. The maximum atomic E-state index is 6.49. The van der Waals surface area contributed by atoms with Gasteiger partial charge in [0.1, 0.15) is 0 Å². The second-order valence-electron chi connectivity index (χ2n) is 7.26. The average Bonchev–Trinajstić information content (AvgIpc) is 2.61. The first kappa shape index (κ1) is 24.7. The minimum Gasteiger partial charge on any atom is -1.00 e. The van der Waals surface area contributed by atoms with Gasteiger partial charge in [0.2, 0.25) is 0 Å². The number of halogens is 2. The first-order valence-electron chi connectivity index (χ1n) is 9.35. The van der Waals surface area contributed by atoms with Crippen molar-refractivity contribution in [1.29, 1.82) is 0 Å². The van der Waals surface area contributed by atoms with Crippen LogP contribution in [0.25, 0.3) is 0 Å². The monoisotopic (exact) mass is 434 g/mol. The third-order valence-corrected chi connectivity index (χ3v) is 7.17. The molecule has 1 N–H and O–H groups in total. The Bertz CT molecular complexity index is 512. The molecular weight excluding hydrogens is 398 g/mol. The second kappa shape index (κ2) is 11.6. The quantitative estimate of drug-likeness (QED) is 0.436. The molecule has 26 heavy (non-hydrogen) atoms. The molecule has 0 aromatic carbocycles. The van der Waals surface area contributed by atoms with Crippen LogP contribution in [-0.2, 0) is 0 Å². The van der Waals surface area contributed by atoms with Crippen LogP contribution in [0.2, 0.25) is 13.1 Å². The molecule has 0 atom stereocenters. The number of hydrogen-bond donors (Lipinski definition) is 1. The fourth-order valence-electron chi connectivity index (χ4n) is 3.64. The number of nitrogens with one attached hydrogen (secondary N) is 1. The van der Waals surface area contributed by atoms with Crippen molar-refractivity contribution in [2.24, 2.45) is 9.98 Å². The van der Waals surface area contributed by atoms with Crippen molar-refractivity contribution in [1.82, 2.24) is 19.7 Å². The van der Waals surface area contributed by atoms with Crippen molar-refractivity contribution in [2.45, 2.75) is 38.8 Å². The summed E-state index contributed by atoms with van der Waals surface area (Å²) in [4.78, 5) is 13.7. The van der Waals surface area contributed by atoms with E-state index in [1.165, 1.54) is 44.7 Å². The topological polar surface area (TPSA) is 46.5 Å². The molecule has 4 heterocycles. The SMILES string of the molecule is C1CN=C2NCCCN2C1.C[Si](C)(Cl)N1CCCN2CCCN=C21.F.[3HH].[H-].[K+]. The smallest absolute Gasteiger partial charge is 1.00 e. The largest absolute Gasteiger partial charge is 1.00 e. The predicted molar refractivity (Wildman–Crippen MR) is 110 cm³/mol. The molecule has 0 spiro atoms. The summed E-state index contributed by atoms with van der Waals surface area (Å²) in [6.45, 7) is 13.3. The molecule has 0 bridgehead atoms. The van der Waals surface area contributed by atoms with Crippen molar-refractivity contribution < 1.29 is 58.9 Å². The normalized spacial score (nSPS) is 22.0. The van der Waals surface area contributed by atoms with Gasteiger partial charge in [-0.05, 0) is 38.8 Å². The molecule has 4 aliphatic rings. The average molecular weight is 435 g/mol. The van der Waals surface area contributed by atoms with Gasteiger partial charge in [-0.2, -0.15) is 0 Å². The summed E-state index contributed by atoms with van der Waals surface area (Å²) in [5, 5.41) is 3.30. The van der Waals surface area contributed by atoms with Gasteiger partial charge < -0.3 is 21.1 Å². The van der Waals surface area contributed by atoms with E-state index in [-0.39, 0.29) is 58.9 Å². The van der Waals surface area contributed by atoms with Gasteiger partial charge in [-0.1, -0.05) is 0 Å². The van der Waals surface area contributed by atoms with E-state index in [1.54, 1.807) is 0 Å². The van der Waals surface area contributed by atoms with Crippen molar-refractivity contribution >= 4 is 30.5 Å². The van der Waals surface area contributed by atoms with E-state index < -0.39 is 7.55 Å². The Labute approximate surface area is 208 Å². The third kappa shape index (κ3) is 6.60. The van der Waals surface area contributed by atoms with Crippen LogP contribution in [0.1, 0.15) is 28.5 Å². The Morgan fingerprint density at radius 3 is 2.27 bits per heavy atom. The van der Waals surface area contributed by atoms with E-state index in [2.05, 4.69) is 42.8 Å². The van der Waals surface area contributed by atoms with Gasteiger partial charge in [0.05, 0.1) is 0 Å². The molecule has 4 aliphatic heterocycles. The zero-order chi connectivity index (χ0) is 17.0. The van der Waals surface area contributed by atoms with Crippen LogP contribution < -0.4 is 56.7 Å². The van der Waals surface area contributed by atoms with Gasteiger partial charge in [-0.15, -0.1) is 11.1 Å². The van der Waals surface area contributed by atoms with Crippen molar-refractivity contribution in [3.8, 4) is 0 Å². The van der Waals surface area contributed by atoms with Gasteiger partial charge in [0.25, 0.3) is 7.55 Å². The molecule has 0 aromatic heterocycles. The molecule has 148 valence electrons. The zero-order valence-electron chi connectivity index (χ0n) is 17.5. The van der Waals surface area contributed by atoms with E-state index in [1.807, 2.05) is 0 Å². The standard InChI is InChI=1S/C9H18ClN3Si.C7H13N3.FH.K.H2.H/c1-14(2,10)13-8-4-7-12-6-3-5-11-9(12)13;1-3-8-7-9-4-2-6-10(7)5-1;;;;/h3-8H2,1-2H3;1-6H2,(H,8,9);1H;;1H;/q;;;+1;;-1/i;;;;1+2;. The summed E-state index contributed by atoms with van der Waals surface area (Å²) in [5.74, 6) is 2.31. The molecule has 2 fully saturated rings. The van der Waals surface area contributed by atoms with Crippen LogP contribution in [0.15, 0.2) is 9.98 Å². The number of aliphatic imine (C=N–C) groups is 2. The first-order chi connectivity index (χ1) is 11.6. The molecule has 0 aromatic rings. The first-order valence-corrected chi connectivity index (χ1v) is 13.3. The minimum absolute atomic E-state index is 0. The summed E-state index contributed by atoms with van der Waals surface area (Å²) in [6.07, 6.45) is 4.91. The van der Waals surface area contributed by atoms with E-state index in [9.17, 15) is 0 Å². The Hall–Kier alpha value is 0.613. The van der Waals surface area contributed by atoms with Crippen LogP contribution in [0, 0.1) is 0 Å². The van der Waals surface area contributed by atoms with Gasteiger partial charge in [0, 0.05) is 53.8 Å². The maximum absolute atomic E-state index is 6.49. The molecular formula is C16H35ClFKN6Si. The Balaban J connectivity index is 0. The van der Waals surface area contributed by atoms with Crippen LogP contribution in [0.4, 0.5) is 4.70 Å². The third-order valence-electron chi connectivity index (χ3n) is 4.85. The Kier molecular flexibility index (Phi) is 11.0. The van der Waals surface area contributed by atoms with Crippen LogP contribution in [0.5, 0.6) is 0 Å². The predicted octanol–water partition coefficient (Wildman–Crippen LogP) is -0.749.